The smallest absolute Gasteiger partial charge is 0.274 e. The summed E-state index contributed by atoms with van der Waals surface area (Å²) < 4.78 is 24.1. The molecule has 1 atom stereocenters. The second-order valence-electron chi connectivity index (χ2n) is 5.64. The lowest BCUT2D eigenvalue weighted by Gasteiger charge is -2.35. The Hall–Kier alpha value is -0.700. The Morgan fingerprint density at radius 3 is 2.63 bits per heavy atom. The zero-order valence-electron chi connectivity index (χ0n) is 11.0. The van der Waals surface area contributed by atoms with Gasteiger partial charge in [0.1, 0.15) is 0 Å². The molecule has 0 aromatic rings. The lowest BCUT2D eigenvalue weighted by Crippen LogP contribution is -2.48. The maximum Gasteiger partial charge on any atom is 0.274 e. The van der Waals surface area contributed by atoms with Crippen molar-refractivity contribution in [1.82, 2.24) is 9.62 Å². The first kappa shape index (κ1) is 14.7. The van der Waals surface area contributed by atoms with E-state index in [1.54, 1.807) is 0 Å². The van der Waals surface area contributed by atoms with Crippen molar-refractivity contribution >= 4 is 16.1 Å². The van der Waals surface area contributed by atoms with Crippen LogP contribution in [-0.4, -0.2) is 45.4 Å². The van der Waals surface area contributed by atoms with Crippen LogP contribution in [0.2, 0.25) is 0 Å². The summed E-state index contributed by atoms with van der Waals surface area (Å²) in [7, 11) is -3.66. The minimum atomic E-state index is -3.66. The third-order valence-electron chi connectivity index (χ3n) is 4.08. The highest BCUT2D eigenvalue weighted by Crippen LogP contribution is 2.46. The molecule has 2 fully saturated rings. The summed E-state index contributed by atoms with van der Waals surface area (Å²) in [4.78, 5) is 14.2. The van der Waals surface area contributed by atoms with E-state index in [1.165, 1.54) is 0 Å². The molecule has 1 aliphatic heterocycles. The van der Waals surface area contributed by atoms with Gasteiger partial charge in [-0.3, -0.25) is 4.79 Å². The van der Waals surface area contributed by atoms with Crippen molar-refractivity contribution < 1.29 is 13.2 Å². The second-order valence-corrected chi connectivity index (χ2v) is 7.02. The van der Waals surface area contributed by atoms with Crippen molar-refractivity contribution in [2.75, 3.05) is 26.2 Å². The summed E-state index contributed by atoms with van der Waals surface area (Å²) in [6.07, 6.45) is 3.54. The molecular weight excluding hydrogens is 268 g/mol. The predicted molar refractivity (Wildman–Crippen MR) is 71.1 cm³/mol. The van der Waals surface area contributed by atoms with E-state index < -0.39 is 10.2 Å². The fourth-order valence-electron chi connectivity index (χ4n) is 2.64. The molecule has 19 heavy (non-hydrogen) atoms. The molecule has 1 unspecified atom stereocenters. The number of nitrogens with zero attached hydrogens (tertiary/aromatic N) is 1. The van der Waals surface area contributed by atoms with Crippen molar-refractivity contribution in [2.45, 2.75) is 25.7 Å². The summed E-state index contributed by atoms with van der Waals surface area (Å²) in [5.41, 5.74) is 5.35. The van der Waals surface area contributed by atoms with Crippen LogP contribution in [0.25, 0.3) is 0 Å². The van der Waals surface area contributed by atoms with Crippen LogP contribution in [0.4, 0.5) is 0 Å². The lowest BCUT2D eigenvalue weighted by atomic mass is 9.96. The molecule has 1 saturated heterocycles. The maximum absolute atomic E-state index is 12.3. The second kappa shape index (κ2) is 5.35. The number of likely N-dealkylation sites (tertiary alicyclic amines) is 1. The molecule has 1 saturated carbocycles. The van der Waals surface area contributed by atoms with Crippen LogP contribution in [0.3, 0.4) is 0 Å². The molecule has 1 heterocycles. The molecule has 1 aliphatic carbocycles. The zero-order valence-corrected chi connectivity index (χ0v) is 11.8. The van der Waals surface area contributed by atoms with Gasteiger partial charge in [-0.1, -0.05) is 0 Å². The van der Waals surface area contributed by atoms with E-state index >= 15 is 0 Å². The molecule has 1 amide bonds. The first-order valence-electron chi connectivity index (χ1n) is 6.63. The SMILES string of the molecule is NCC1(C(=O)N2CCCC(CNS(N)(=O)=O)C2)CC1. The van der Waals surface area contributed by atoms with Crippen LogP contribution < -0.4 is 15.6 Å². The number of nitrogens with two attached hydrogens (primary N) is 2. The van der Waals surface area contributed by atoms with Crippen molar-refractivity contribution in [3.63, 3.8) is 0 Å². The molecule has 5 N–H and O–H groups in total. The van der Waals surface area contributed by atoms with Gasteiger partial charge in [0.2, 0.25) is 5.91 Å². The summed E-state index contributed by atoms with van der Waals surface area (Å²) in [5.74, 6) is 0.264. The Morgan fingerprint density at radius 1 is 1.42 bits per heavy atom. The van der Waals surface area contributed by atoms with Gasteiger partial charge in [0, 0.05) is 26.2 Å². The number of hydrogen-bond donors (Lipinski definition) is 3. The molecule has 0 aromatic carbocycles. The number of amides is 1. The Balaban J connectivity index is 1.88. The Kier molecular flexibility index (Phi) is 4.14. The van der Waals surface area contributed by atoms with Crippen LogP contribution in [0.5, 0.6) is 0 Å². The van der Waals surface area contributed by atoms with E-state index in [9.17, 15) is 13.2 Å². The Labute approximate surface area is 113 Å². The van der Waals surface area contributed by atoms with Crippen molar-refractivity contribution in [2.24, 2.45) is 22.2 Å². The summed E-state index contributed by atoms with van der Waals surface area (Å²) >= 11 is 0. The van der Waals surface area contributed by atoms with Gasteiger partial charge in [-0.2, -0.15) is 8.42 Å². The predicted octanol–water partition coefficient (Wildman–Crippen LogP) is -1.24. The van der Waals surface area contributed by atoms with Gasteiger partial charge in [-0.05, 0) is 31.6 Å². The molecule has 2 aliphatic rings. The average Bonchev–Trinajstić information content (AvgIpc) is 3.16. The molecule has 110 valence electrons. The van der Waals surface area contributed by atoms with E-state index in [1.807, 2.05) is 4.90 Å². The molecule has 8 heteroatoms. The number of hydrogen-bond acceptors (Lipinski definition) is 4. The third-order valence-corrected chi connectivity index (χ3v) is 4.65. The number of carbonyl (C=O) groups excluding carboxylic acids is 1. The van der Waals surface area contributed by atoms with Crippen LogP contribution in [-0.2, 0) is 15.0 Å². The Bertz CT molecular complexity index is 447. The van der Waals surface area contributed by atoms with Crippen molar-refractivity contribution in [1.29, 1.82) is 0 Å². The number of rotatable bonds is 5. The fraction of sp³-hybridized carbons (Fsp3) is 0.909. The zero-order chi connectivity index (χ0) is 14.1. The first-order chi connectivity index (χ1) is 8.86. The summed E-state index contributed by atoms with van der Waals surface area (Å²) in [5, 5.41) is 4.91. The van der Waals surface area contributed by atoms with Gasteiger partial charge in [0.15, 0.2) is 0 Å². The quantitative estimate of drug-likeness (QED) is 0.586. The highest BCUT2D eigenvalue weighted by atomic mass is 32.2. The van der Waals surface area contributed by atoms with E-state index in [2.05, 4.69) is 4.72 Å². The van der Waals surface area contributed by atoms with Gasteiger partial charge in [-0.15, -0.1) is 0 Å². The highest BCUT2D eigenvalue weighted by Gasteiger charge is 2.50. The van der Waals surface area contributed by atoms with E-state index in [0.717, 1.165) is 32.2 Å². The van der Waals surface area contributed by atoms with Crippen LogP contribution in [0.15, 0.2) is 0 Å². The molecule has 0 bridgehead atoms. The highest BCUT2D eigenvalue weighted by molar-refractivity contribution is 7.87. The van der Waals surface area contributed by atoms with Crippen LogP contribution in [0, 0.1) is 11.3 Å². The third kappa shape index (κ3) is 3.65. The molecule has 7 nitrogen and oxygen atoms in total. The van der Waals surface area contributed by atoms with Crippen molar-refractivity contribution in [3.05, 3.63) is 0 Å². The van der Waals surface area contributed by atoms with Gasteiger partial charge in [-0.25, -0.2) is 9.86 Å². The molecule has 0 spiro atoms. The normalized spacial score (nSPS) is 26.2. The minimum absolute atomic E-state index is 0.129. The molecule has 0 radical (unpaired) electrons. The van der Waals surface area contributed by atoms with Crippen LogP contribution in [0.1, 0.15) is 25.7 Å². The van der Waals surface area contributed by atoms with Gasteiger partial charge < -0.3 is 10.6 Å². The van der Waals surface area contributed by atoms with E-state index in [0.29, 0.717) is 13.1 Å². The largest absolute Gasteiger partial charge is 0.342 e. The summed E-state index contributed by atoms with van der Waals surface area (Å²) in [6, 6.07) is 0. The molecule has 0 aromatic heterocycles. The summed E-state index contributed by atoms with van der Waals surface area (Å²) in [6.45, 7) is 2.02. The molecular formula is C11H22N4O3S. The lowest BCUT2D eigenvalue weighted by molar-refractivity contribution is -0.138. The van der Waals surface area contributed by atoms with Gasteiger partial charge in [0.05, 0.1) is 5.41 Å². The molecule has 2 rings (SSSR count). The van der Waals surface area contributed by atoms with Crippen molar-refractivity contribution in [3.8, 4) is 0 Å². The first-order valence-corrected chi connectivity index (χ1v) is 8.18. The van der Waals surface area contributed by atoms with E-state index in [-0.39, 0.29) is 23.8 Å². The van der Waals surface area contributed by atoms with Gasteiger partial charge in [0.25, 0.3) is 10.2 Å². The Morgan fingerprint density at radius 2 is 2.11 bits per heavy atom. The maximum atomic E-state index is 12.3. The van der Waals surface area contributed by atoms with Gasteiger partial charge >= 0.3 is 0 Å². The monoisotopic (exact) mass is 290 g/mol. The fourth-order valence-corrected chi connectivity index (χ4v) is 3.11. The number of carbonyl (C=O) groups is 1. The van der Waals surface area contributed by atoms with Crippen LogP contribution >= 0.6 is 0 Å². The number of nitrogens with one attached hydrogen (secondary N) is 1. The minimum Gasteiger partial charge on any atom is -0.342 e. The average molecular weight is 290 g/mol. The standard InChI is InChI=1S/C11H22N4O3S/c12-8-11(3-4-11)10(16)15-5-1-2-9(7-15)6-14-19(13,17)18/h9,14H,1-8,12H2,(H2,13,17,18). The van der Waals surface area contributed by atoms with E-state index in [4.69, 9.17) is 10.9 Å². The topological polar surface area (TPSA) is 119 Å². The number of piperidine rings is 1.